The van der Waals surface area contributed by atoms with E-state index in [0.29, 0.717) is 18.8 Å². The van der Waals surface area contributed by atoms with Crippen LogP contribution in [0.2, 0.25) is 0 Å². The van der Waals surface area contributed by atoms with Gasteiger partial charge in [0.05, 0.1) is 0 Å². The molecule has 1 aromatic carbocycles. The van der Waals surface area contributed by atoms with Gasteiger partial charge in [-0.2, -0.15) is 5.10 Å². The summed E-state index contributed by atoms with van der Waals surface area (Å²) in [6, 6.07) is 14.0. The molecule has 0 N–H and O–H groups in total. The number of amides is 1. The third-order valence-electron chi connectivity index (χ3n) is 5.71. The van der Waals surface area contributed by atoms with Crippen LogP contribution in [-0.2, 0) is 0 Å². The number of pyridine rings is 2. The van der Waals surface area contributed by atoms with Crippen LogP contribution < -0.4 is 0 Å². The minimum absolute atomic E-state index is 0.0504. The standard InChI is InChI=1S/C24H22FN5O/c1-16-9-10-26-21(12-16)24(31)29-11-3-5-19(14-29)23-27-22-8-7-18(15-30(22)28-23)17-4-2-6-20(25)13-17/h2,4,6-10,12-13,15,19H,3,5,11,14H2,1H3/t19-/m0/s1. The Morgan fingerprint density at radius 1 is 1.13 bits per heavy atom. The molecule has 0 saturated carbocycles. The van der Waals surface area contributed by atoms with E-state index in [0.717, 1.165) is 41.0 Å². The van der Waals surface area contributed by atoms with E-state index in [9.17, 15) is 9.18 Å². The van der Waals surface area contributed by atoms with Crippen LogP contribution in [0.15, 0.2) is 60.9 Å². The molecular formula is C24H22FN5O. The monoisotopic (exact) mass is 415 g/mol. The lowest BCUT2D eigenvalue weighted by atomic mass is 9.97. The molecule has 0 aliphatic carbocycles. The number of likely N-dealkylation sites (tertiary alicyclic amines) is 1. The van der Waals surface area contributed by atoms with Gasteiger partial charge in [-0.05, 0) is 67.3 Å². The normalized spacial score (nSPS) is 16.6. The molecule has 3 aromatic heterocycles. The Hall–Kier alpha value is -3.61. The zero-order valence-corrected chi connectivity index (χ0v) is 17.2. The second-order valence-electron chi connectivity index (χ2n) is 8.01. The van der Waals surface area contributed by atoms with Gasteiger partial charge in [-0.1, -0.05) is 12.1 Å². The molecule has 5 rings (SSSR count). The van der Waals surface area contributed by atoms with Crippen molar-refractivity contribution >= 4 is 11.6 Å². The van der Waals surface area contributed by atoms with Crippen molar-refractivity contribution in [2.45, 2.75) is 25.7 Å². The quantitative estimate of drug-likeness (QED) is 0.502. The minimum atomic E-state index is -0.271. The number of rotatable bonds is 3. The second-order valence-corrected chi connectivity index (χ2v) is 8.01. The van der Waals surface area contributed by atoms with E-state index in [-0.39, 0.29) is 17.6 Å². The summed E-state index contributed by atoms with van der Waals surface area (Å²) >= 11 is 0. The number of carbonyl (C=O) groups is 1. The molecule has 1 aliphatic rings. The minimum Gasteiger partial charge on any atom is -0.337 e. The number of nitrogens with zero attached hydrogens (tertiary/aromatic N) is 5. The third-order valence-corrected chi connectivity index (χ3v) is 5.71. The zero-order chi connectivity index (χ0) is 21.4. The van der Waals surface area contributed by atoms with Gasteiger partial charge in [-0.25, -0.2) is 13.9 Å². The molecule has 4 heterocycles. The van der Waals surface area contributed by atoms with E-state index >= 15 is 0 Å². The van der Waals surface area contributed by atoms with E-state index in [1.807, 2.05) is 48.4 Å². The number of fused-ring (bicyclic) bond motifs is 1. The molecule has 1 saturated heterocycles. The molecule has 0 bridgehead atoms. The fourth-order valence-corrected chi connectivity index (χ4v) is 4.10. The number of aromatic nitrogens is 4. The molecule has 0 spiro atoms. The Bertz CT molecular complexity index is 1270. The Kier molecular flexibility index (Phi) is 4.94. The lowest BCUT2D eigenvalue weighted by Gasteiger charge is -2.31. The average molecular weight is 415 g/mol. The number of hydrogen-bond acceptors (Lipinski definition) is 4. The molecule has 0 unspecified atom stereocenters. The maximum Gasteiger partial charge on any atom is 0.272 e. The van der Waals surface area contributed by atoms with Crippen LogP contribution >= 0.6 is 0 Å². The predicted octanol–water partition coefficient (Wildman–Crippen LogP) is 4.26. The van der Waals surface area contributed by atoms with Gasteiger partial charge >= 0.3 is 0 Å². The molecule has 7 heteroatoms. The maximum atomic E-state index is 13.6. The predicted molar refractivity (Wildman–Crippen MR) is 115 cm³/mol. The van der Waals surface area contributed by atoms with Gasteiger partial charge in [0.2, 0.25) is 0 Å². The molecule has 1 amide bonds. The number of carbonyl (C=O) groups excluding carboxylic acids is 1. The summed E-state index contributed by atoms with van der Waals surface area (Å²) < 4.78 is 15.3. The van der Waals surface area contributed by atoms with Crippen molar-refractivity contribution in [2.24, 2.45) is 0 Å². The van der Waals surface area contributed by atoms with Gasteiger partial charge in [0, 0.05) is 37.0 Å². The van der Waals surface area contributed by atoms with Crippen LogP contribution in [0.3, 0.4) is 0 Å². The van der Waals surface area contributed by atoms with Gasteiger partial charge in [0.15, 0.2) is 11.5 Å². The summed E-state index contributed by atoms with van der Waals surface area (Å²) in [5, 5.41) is 4.68. The lowest BCUT2D eigenvalue weighted by Crippen LogP contribution is -2.39. The lowest BCUT2D eigenvalue weighted by molar-refractivity contribution is 0.0698. The highest BCUT2D eigenvalue weighted by Crippen LogP contribution is 2.27. The van der Waals surface area contributed by atoms with Gasteiger partial charge < -0.3 is 4.90 Å². The summed E-state index contributed by atoms with van der Waals surface area (Å²) in [5.41, 5.74) is 3.89. The van der Waals surface area contributed by atoms with Crippen LogP contribution in [0.25, 0.3) is 16.8 Å². The van der Waals surface area contributed by atoms with E-state index in [1.165, 1.54) is 12.1 Å². The van der Waals surface area contributed by atoms with Crippen molar-refractivity contribution in [1.82, 2.24) is 24.5 Å². The summed E-state index contributed by atoms with van der Waals surface area (Å²) in [6.07, 6.45) is 5.36. The molecule has 6 nitrogen and oxygen atoms in total. The highest BCUT2D eigenvalue weighted by molar-refractivity contribution is 5.92. The van der Waals surface area contributed by atoms with E-state index < -0.39 is 0 Å². The Balaban J connectivity index is 1.39. The number of hydrogen-bond donors (Lipinski definition) is 0. The first-order chi connectivity index (χ1) is 15.1. The van der Waals surface area contributed by atoms with Gasteiger partial charge in [-0.15, -0.1) is 0 Å². The zero-order valence-electron chi connectivity index (χ0n) is 17.2. The first-order valence-electron chi connectivity index (χ1n) is 10.4. The van der Waals surface area contributed by atoms with Crippen molar-refractivity contribution in [3.05, 3.63) is 83.8 Å². The van der Waals surface area contributed by atoms with Crippen LogP contribution in [0.1, 0.15) is 40.6 Å². The third kappa shape index (κ3) is 3.91. The van der Waals surface area contributed by atoms with Crippen LogP contribution in [0.4, 0.5) is 4.39 Å². The van der Waals surface area contributed by atoms with Crippen molar-refractivity contribution in [3.63, 3.8) is 0 Å². The molecule has 31 heavy (non-hydrogen) atoms. The first-order valence-corrected chi connectivity index (χ1v) is 10.4. The Morgan fingerprint density at radius 2 is 2.03 bits per heavy atom. The second kappa shape index (κ2) is 7.91. The number of aryl methyl sites for hydroxylation is 1. The van der Waals surface area contributed by atoms with E-state index in [1.54, 1.807) is 16.8 Å². The maximum absolute atomic E-state index is 13.6. The smallest absolute Gasteiger partial charge is 0.272 e. The number of piperidine rings is 1. The number of halogens is 1. The largest absolute Gasteiger partial charge is 0.337 e. The molecule has 0 radical (unpaired) electrons. The molecule has 1 fully saturated rings. The Morgan fingerprint density at radius 3 is 2.87 bits per heavy atom. The topological polar surface area (TPSA) is 63.4 Å². The van der Waals surface area contributed by atoms with Crippen molar-refractivity contribution in [3.8, 4) is 11.1 Å². The summed E-state index contributed by atoms with van der Waals surface area (Å²) in [5.74, 6) is 0.476. The Labute approximate surface area is 179 Å². The van der Waals surface area contributed by atoms with Gasteiger partial charge in [0.25, 0.3) is 5.91 Å². The van der Waals surface area contributed by atoms with Crippen LogP contribution in [-0.4, -0.2) is 43.5 Å². The SMILES string of the molecule is Cc1ccnc(C(=O)N2CCC[C@H](c3nc4ccc(-c5cccc(F)c5)cn4n3)C2)c1. The van der Waals surface area contributed by atoms with Crippen molar-refractivity contribution < 1.29 is 9.18 Å². The highest BCUT2D eigenvalue weighted by atomic mass is 19.1. The summed E-state index contributed by atoms with van der Waals surface area (Å²) in [7, 11) is 0. The highest BCUT2D eigenvalue weighted by Gasteiger charge is 2.28. The van der Waals surface area contributed by atoms with E-state index in [2.05, 4.69) is 10.1 Å². The molecule has 156 valence electrons. The summed E-state index contributed by atoms with van der Waals surface area (Å²) in [4.78, 5) is 23.7. The van der Waals surface area contributed by atoms with Crippen molar-refractivity contribution in [2.75, 3.05) is 13.1 Å². The fraction of sp³-hybridized carbons (Fsp3) is 0.250. The van der Waals surface area contributed by atoms with Crippen LogP contribution in [0, 0.1) is 12.7 Å². The van der Waals surface area contributed by atoms with Gasteiger partial charge in [0.1, 0.15) is 11.5 Å². The molecule has 1 atom stereocenters. The van der Waals surface area contributed by atoms with Gasteiger partial charge in [-0.3, -0.25) is 9.78 Å². The molecular weight excluding hydrogens is 393 g/mol. The van der Waals surface area contributed by atoms with Crippen molar-refractivity contribution in [1.29, 1.82) is 0 Å². The fourth-order valence-electron chi connectivity index (χ4n) is 4.10. The van der Waals surface area contributed by atoms with E-state index in [4.69, 9.17) is 4.98 Å². The number of benzene rings is 1. The average Bonchev–Trinajstić information content (AvgIpc) is 3.22. The molecule has 1 aliphatic heterocycles. The summed E-state index contributed by atoms with van der Waals surface area (Å²) in [6.45, 7) is 3.24. The van der Waals surface area contributed by atoms with Crippen LogP contribution in [0.5, 0.6) is 0 Å². The molecule has 4 aromatic rings. The first kappa shape index (κ1) is 19.4.